The minimum atomic E-state index is -0.321. The number of carbonyl (C=O) groups excluding carboxylic acids is 1. The first kappa shape index (κ1) is 15.2. The number of benzene rings is 2. The fraction of sp³-hybridized carbons (Fsp3) is 0.235. The molecule has 2 rings (SSSR count). The van der Waals surface area contributed by atoms with Crippen LogP contribution in [0.4, 0.5) is 4.39 Å². The van der Waals surface area contributed by atoms with Crippen LogP contribution in [0.15, 0.2) is 42.5 Å². The zero-order valence-electron chi connectivity index (χ0n) is 11.5. The normalized spacial score (nSPS) is 12.2. The van der Waals surface area contributed by atoms with Gasteiger partial charge in [0.1, 0.15) is 5.82 Å². The van der Waals surface area contributed by atoms with E-state index >= 15 is 0 Å². The van der Waals surface area contributed by atoms with Gasteiger partial charge in [0, 0.05) is 14.7 Å². The van der Waals surface area contributed by atoms with Gasteiger partial charge in [-0.1, -0.05) is 38.1 Å². The number of halogens is 2. The predicted molar refractivity (Wildman–Crippen MR) is 87.7 cm³/mol. The average Bonchev–Trinajstić information content (AvgIpc) is 2.46. The Morgan fingerprint density at radius 3 is 2.40 bits per heavy atom. The van der Waals surface area contributed by atoms with Gasteiger partial charge in [0.2, 0.25) is 0 Å². The summed E-state index contributed by atoms with van der Waals surface area (Å²) < 4.78 is 13.7. The number of hydrogen-bond acceptors (Lipinski definition) is 1. The van der Waals surface area contributed by atoms with E-state index in [0.717, 1.165) is 6.42 Å². The summed E-state index contributed by atoms with van der Waals surface area (Å²) in [6, 6.07) is 11.9. The predicted octanol–water partition coefficient (Wildman–Crippen LogP) is 5.17. The number of rotatable bonds is 4. The van der Waals surface area contributed by atoms with Gasteiger partial charge in [0.15, 0.2) is 5.78 Å². The summed E-state index contributed by atoms with van der Waals surface area (Å²) in [7, 11) is 0. The summed E-state index contributed by atoms with van der Waals surface area (Å²) in [5, 5.41) is 0. The monoisotopic (exact) mass is 382 g/mol. The number of hydrogen-bond donors (Lipinski definition) is 0. The lowest BCUT2D eigenvalue weighted by atomic mass is 9.95. The van der Waals surface area contributed by atoms with Gasteiger partial charge in [0.25, 0.3) is 0 Å². The van der Waals surface area contributed by atoms with Crippen molar-refractivity contribution < 1.29 is 9.18 Å². The molecule has 2 aromatic rings. The van der Waals surface area contributed by atoms with Crippen molar-refractivity contribution in [3.8, 4) is 0 Å². The van der Waals surface area contributed by atoms with Crippen LogP contribution in [0.5, 0.6) is 0 Å². The average molecular weight is 382 g/mol. The van der Waals surface area contributed by atoms with Crippen molar-refractivity contribution in [3.63, 3.8) is 0 Å². The summed E-state index contributed by atoms with van der Waals surface area (Å²) in [5.41, 5.74) is 2.42. The van der Waals surface area contributed by atoms with Crippen LogP contribution in [-0.2, 0) is 0 Å². The van der Waals surface area contributed by atoms with Gasteiger partial charge in [-0.2, -0.15) is 0 Å². The second-order valence-electron chi connectivity index (χ2n) is 4.88. The molecule has 104 valence electrons. The quantitative estimate of drug-likeness (QED) is 0.527. The Kier molecular flexibility index (Phi) is 4.91. The third-order valence-electron chi connectivity index (χ3n) is 3.53. The summed E-state index contributed by atoms with van der Waals surface area (Å²) in [4.78, 5) is 12.4. The summed E-state index contributed by atoms with van der Waals surface area (Å²) in [5.74, 6) is 0.105. The van der Waals surface area contributed by atoms with Crippen molar-refractivity contribution in [1.82, 2.24) is 0 Å². The van der Waals surface area contributed by atoms with E-state index in [1.54, 1.807) is 6.07 Å². The molecule has 0 bridgehead atoms. The zero-order chi connectivity index (χ0) is 14.7. The molecule has 0 saturated heterocycles. The molecule has 0 N–H and O–H groups in total. The van der Waals surface area contributed by atoms with Crippen molar-refractivity contribution in [1.29, 1.82) is 0 Å². The van der Waals surface area contributed by atoms with Crippen molar-refractivity contribution >= 4 is 28.4 Å². The molecule has 0 radical (unpaired) electrons. The van der Waals surface area contributed by atoms with E-state index < -0.39 is 0 Å². The van der Waals surface area contributed by atoms with Crippen molar-refractivity contribution in [2.24, 2.45) is 0 Å². The van der Waals surface area contributed by atoms with Gasteiger partial charge < -0.3 is 0 Å². The topological polar surface area (TPSA) is 17.1 Å². The molecule has 3 heteroatoms. The molecular formula is C17H16FIO. The van der Waals surface area contributed by atoms with Crippen LogP contribution in [0.25, 0.3) is 0 Å². The van der Waals surface area contributed by atoms with Crippen LogP contribution in [0, 0.1) is 9.39 Å². The van der Waals surface area contributed by atoms with Gasteiger partial charge >= 0.3 is 0 Å². The lowest BCUT2D eigenvalue weighted by Crippen LogP contribution is -2.04. The Morgan fingerprint density at radius 1 is 1.20 bits per heavy atom. The molecule has 0 saturated carbocycles. The van der Waals surface area contributed by atoms with Crippen LogP contribution >= 0.6 is 22.6 Å². The summed E-state index contributed by atoms with van der Waals surface area (Å²) in [6.07, 6.45) is 1.07. The highest BCUT2D eigenvalue weighted by Crippen LogP contribution is 2.22. The Labute approximate surface area is 132 Å². The molecule has 0 amide bonds. The van der Waals surface area contributed by atoms with Gasteiger partial charge in [-0.15, -0.1) is 0 Å². The van der Waals surface area contributed by atoms with Crippen LogP contribution < -0.4 is 0 Å². The minimum Gasteiger partial charge on any atom is -0.289 e. The standard InChI is InChI=1S/C17H16FIO/c1-3-11(2)12-4-6-13(7-5-12)17(20)15-9-8-14(18)10-16(15)19/h4-11H,3H2,1-2H3. The molecule has 0 aromatic heterocycles. The van der Waals surface area contributed by atoms with E-state index in [1.165, 1.54) is 17.7 Å². The second kappa shape index (κ2) is 6.48. The van der Waals surface area contributed by atoms with Crippen molar-refractivity contribution in [3.05, 3.63) is 68.5 Å². The molecular weight excluding hydrogens is 366 g/mol. The molecule has 0 heterocycles. The Morgan fingerprint density at radius 2 is 1.85 bits per heavy atom. The van der Waals surface area contributed by atoms with E-state index in [2.05, 4.69) is 13.8 Å². The van der Waals surface area contributed by atoms with E-state index in [9.17, 15) is 9.18 Å². The molecule has 0 aliphatic carbocycles. The third kappa shape index (κ3) is 3.26. The molecule has 1 atom stereocenters. The third-order valence-corrected chi connectivity index (χ3v) is 4.42. The van der Waals surface area contributed by atoms with Crippen LogP contribution in [0.1, 0.15) is 47.7 Å². The van der Waals surface area contributed by atoms with Gasteiger partial charge in [0.05, 0.1) is 0 Å². The van der Waals surface area contributed by atoms with Crippen molar-refractivity contribution in [2.45, 2.75) is 26.2 Å². The SMILES string of the molecule is CCC(C)c1ccc(C(=O)c2ccc(F)cc2I)cc1. The second-order valence-corrected chi connectivity index (χ2v) is 6.05. The molecule has 1 unspecified atom stereocenters. The number of ketones is 1. The van der Waals surface area contributed by atoms with Crippen molar-refractivity contribution in [2.75, 3.05) is 0 Å². The van der Waals surface area contributed by atoms with E-state index in [1.807, 2.05) is 46.9 Å². The zero-order valence-corrected chi connectivity index (χ0v) is 13.6. The van der Waals surface area contributed by atoms with Gasteiger partial charge in [-0.05, 0) is 58.7 Å². The number of carbonyl (C=O) groups is 1. The smallest absolute Gasteiger partial charge is 0.194 e. The first-order valence-electron chi connectivity index (χ1n) is 6.62. The molecule has 0 aliphatic rings. The molecule has 0 spiro atoms. The summed E-state index contributed by atoms with van der Waals surface area (Å²) >= 11 is 1.99. The van der Waals surface area contributed by atoms with Gasteiger partial charge in [-0.3, -0.25) is 4.79 Å². The molecule has 2 aromatic carbocycles. The van der Waals surface area contributed by atoms with E-state index in [4.69, 9.17) is 0 Å². The lowest BCUT2D eigenvalue weighted by Gasteiger charge is -2.10. The van der Waals surface area contributed by atoms with E-state index in [-0.39, 0.29) is 11.6 Å². The highest BCUT2D eigenvalue weighted by Gasteiger charge is 2.13. The Balaban J connectivity index is 2.29. The van der Waals surface area contributed by atoms with Crippen LogP contribution in [0.3, 0.4) is 0 Å². The highest BCUT2D eigenvalue weighted by atomic mass is 127. The summed E-state index contributed by atoms with van der Waals surface area (Å²) in [6.45, 7) is 4.31. The maximum atomic E-state index is 13.1. The minimum absolute atomic E-state index is 0.0647. The maximum absolute atomic E-state index is 13.1. The lowest BCUT2D eigenvalue weighted by molar-refractivity contribution is 0.103. The molecule has 20 heavy (non-hydrogen) atoms. The maximum Gasteiger partial charge on any atom is 0.194 e. The fourth-order valence-corrected chi connectivity index (χ4v) is 2.75. The fourth-order valence-electron chi connectivity index (χ4n) is 2.03. The van der Waals surface area contributed by atoms with E-state index in [0.29, 0.717) is 20.6 Å². The molecule has 0 fully saturated rings. The molecule has 0 aliphatic heterocycles. The Bertz CT molecular complexity index is 619. The largest absolute Gasteiger partial charge is 0.289 e. The first-order valence-corrected chi connectivity index (χ1v) is 7.70. The first-order chi connectivity index (χ1) is 9.52. The highest BCUT2D eigenvalue weighted by molar-refractivity contribution is 14.1. The van der Waals surface area contributed by atoms with Gasteiger partial charge in [-0.25, -0.2) is 4.39 Å². The molecule has 1 nitrogen and oxygen atoms in total. The Hall–Kier alpha value is -1.23. The van der Waals surface area contributed by atoms with Crippen LogP contribution in [0.2, 0.25) is 0 Å². The van der Waals surface area contributed by atoms with Crippen LogP contribution in [-0.4, -0.2) is 5.78 Å².